The van der Waals surface area contributed by atoms with Gasteiger partial charge in [0.2, 0.25) is 0 Å². The fourth-order valence-corrected chi connectivity index (χ4v) is 1.75. The molecule has 18 heavy (non-hydrogen) atoms. The summed E-state index contributed by atoms with van der Waals surface area (Å²) in [6.45, 7) is 9.99. The maximum Gasteiger partial charge on any atom is 0.0250 e. The second-order valence-corrected chi connectivity index (χ2v) is 6.80. The van der Waals surface area contributed by atoms with Crippen LogP contribution >= 0.6 is 0 Å². The van der Waals surface area contributed by atoms with Gasteiger partial charge in [0.15, 0.2) is 0 Å². The first-order chi connectivity index (χ1) is 8.13. The quantitative estimate of drug-likeness (QED) is 0.445. The van der Waals surface area contributed by atoms with Crippen LogP contribution < -0.4 is 22.5 Å². The zero-order valence-electron chi connectivity index (χ0n) is 12.8. The van der Waals surface area contributed by atoms with Crippen LogP contribution in [0.25, 0.3) is 0 Å². The van der Waals surface area contributed by atoms with Gasteiger partial charge < -0.3 is 22.5 Å². The van der Waals surface area contributed by atoms with Gasteiger partial charge in [-0.3, -0.25) is 0 Å². The molecule has 0 saturated heterocycles. The molecule has 0 aliphatic heterocycles. The van der Waals surface area contributed by atoms with Gasteiger partial charge in [-0.15, -0.1) is 0 Å². The van der Waals surface area contributed by atoms with E-state index >= 15 is 0 Å². The standard InChI is InChI=1S/C14H34N4/c1-13(2,16)11-18-10-8-6-5-7-9-12(15)14(3,4)17/h12,18H,5-11,15-17H2,1-4H3. The summed E-state index contributed by atoms with van der Waals surface area (Å²) in [5.41, 5.74) is 17.5. The summed E-state index contributed by atoms with van der Waals surface area (Å²) in [6.07, 6.45) is 5.88. The van der Waals surface area contributed by atoms with E-state index in [1.165, 1.54) is 25.7 Å². The van der Waals surface area contributed by atoms with E-state index in [2.05, 4.69) is 5.32 Å². The highest BCUT2D eigenvalue weighted by molar-refractivity contribution is 4.84. The van der Waals surface area contributed by atoms with Crippen molar-refractivity contribution in [3.63, 3.8) is 0 Å². The predicted molar refractivity (Wildman–Crippen MR) is 80.5 cm³/mol. The van der Waals surface area contributed by atoms with E-state index in [1.807, 2.05) is 27.7 Å². The SMILES string of the molecule is CC(C)(N)CNCCCCCCC(N)C(C)(C)N. The third kappa shape index (κ3) is 11.0. The Balaban J connectivity index is 3.32. The molecule has 110 valence electrons. The zero-order chi connectivity index (χ0) is 14.2. The minimum atomic E-state index is -0.256. The Labute approximate surface area is 113 Å². The average molecular weight is 258 g/mol. The van der Waals surface area contributed by atoms with Crippen molar-refractivity contribution in [1.82, 2.24) is 5.32 Å². The van der Waals surface area contributed by atoms with Crippen LogP contribution in [0.1, 0.15) is 59.8 Å². The average Bonchev–Trinajstić information content (AvgIpc) is 2.18. The highest BCUT2D eigenvalue weighted by atomic mass is 14.9. The van der Waals surface area contributed by atoms with Crippen LogP contribution in [0.15, 0.2) is 0 Å². The predicted octanol–water partition coefficient (Wildman–Crippen LogP) is 1.33. The highest BCUT2D eigenvalue weighted by Crippen LogP contribution is 2.11. The van der Waals surface area contributed by atoms with Crippen molar-refractivity contribution in [2.75, 3.05) is 13.1 Å². The van der Waals surface area contributed by atoms with E-state index in [0.29, 0.717) is 0 Å². The van der Waals surface area contributed by atoms with Gasteiger partial charge in [-0.1, -0.05) is 19.3 Å². The number of nitrogens with one attached hydrogen (secondary N) is 1. The van der Waals surface area contributed by atoms with Crippen molar-refractivity contribution < 1.29 is 0 Å². The molecular formula is C14H34N4. The third-order valence-electron chi connectivity index (χ3n) is 3.15. The molecule has 0 aromatic rings. The number of nitrogens with two attached hydrogens (primary N) is 3. The van der Waals surface area contributed by atoms with Gasteiger partial charge in [0.25, 0.3) is 0 Å². The largest absolute Gasteiger partial charge is 0.326 e. The van der Waals surface area contributed by atoms with E-state index in [4.69, 9.17) is 17.2 Å². The number of unbranched alkanes of at least 4 members (excludes halogenated alkanes) is 3. The molecule has 0 saturated carbocycles. The summed E-state index contributed by atoms with van der Waals surface area (Å²) < 4.78 is 0. The maximum atomic E-state index is 6.01. The summed E-state index contributed by atoms with van der Waals surface area (Å²) in [6, 6.07) is 0.105. The zero-order valence-corrected chi connectivity index (χ0v) is 12.8. The van der Waals surface area contributed by atoms with Gasteiger partial charge in [0.05, 0.1) is 0 Å². The molecule has 0 amide bonds. The topological polar surface area (TPSA) is 90.1 Å². The molecule has 1 atom stereocenters. The first-order valence-electron chi connectivity index (χ1n) is 7.17. The Morgan fingerprint density at radius 3 is 2.00 bits per heavy atom. The molecule has 0 aliphatic rings. The van der Waals surface area contributed by atoms with Gasteiger partial charge in [-0.25, -0.2) is 0 Å². The summed E-state index contributed by atoms with van der Waals surface area (Å²) in [4.78, 5) is 0. The van der Waals surface area contributed by atoms with Crippen LogP contribution in [0, 0.1) is 0 Å². The molecule has 0 aromatic heterocycles. The molecule has 4 heteroatoms. The van der Waals surface area contributed by atoms with Crippen LogP contribution in [0.4, 0.5) is 0 Å². The van der Waals surface area contributed by atoms with Crippen LogP contribution in [0.3, 0.4) is 0 Å². The van der Waals surface area contributed by atoms with E-state index in [0.717, 1.165) is 19.5 Å². The van der Waals surface area contributed by atoms with E-state index in [-0.39, 0.29) is 17.1 Å². The Kier molecular flexibility index (Phi) is 8.03. The molecule has 4 nitrogen and oxygen atoms in total. The summed E-state index contributed by atoms with van der Waals surface area (Å²) in [7, 11) is 0. The maximum absolute atomic E-state index is 6.01. The fourth-order valence-electron chi connectivity index (χ4n) is 1.75. The monoisotopic (exact) mass is 258 g/mol. The first kappa shape index (κ1) is 17.8. The lowest BCUT2D eigenvalue weighted by molar-refractivity contribution is 0.375. The molecular weight excluding hydrogens is 224 g/mol. The lowest BCUT2D eigenvalue weighted by Crippen LogP contribution is -2.50. The molecule has 0 spiro atoms. The molecule has 0 bridgehead atoms. The van der Waals surface area contributed by atoms with E-state index in [1.54, 1.807) is 0 Å². The molecule has 7 N–H and O–H groups in total. The Morgan fingerprint density at radius 2 is 1.50 bits per heavy atom. The van der Waals surface area contributed by atoms with E-state index in [9.17, 15) is 0 Å². The lowest BCUT2D eigenvalue weighted by Gasteiger charge is -2.26. The normalized spacial score (nSPS) is 14.8. The smallest absolute Gasteiger partial charge is 0.0250 e. The molecule has 0 fully saturated rings. The summed E-state index contributed by atoms with van der Waals surface area (Å²) in [5.74, 6) is 0. The fraction of sp³-hybridized carbons (Fsp3) is 1.00. The third-order valence-corrected chi connectivity index (χ3v) is 3.15. The van der Waals surface area contributed by atoms with Crippen molar-refractivity contribution in [2.45, 2.75) is 76.9 Å². The Morgan fingerprint density at radius 1 is 0.944 bits per heavy atom. The minimum absolute atomic E-state index is 0.105. The van der Waals surface area contributed by atoms with E-state index < -0.39 is 0 Å². The number of rotatable bonds is 10. The van der Waals surface area contributed by atoms with Crippen LogP contribution in [0.2, 0.25) is 0 Å². The second-order valence-electron chi connectivity index (χ2n) is 6.80. The van der Waals surface area contributed by atoms with Crippen LogP contribution in [0.5, 0.6) is 0 Å². The molecule has 0 radical (unpaired) electrons. The second kappa shape index (κ2) is 8.10. The summed E-state index contributed by atoms with van der Waals surface area (Å²) in [5, 5.41) is 3.38. The molecule has 0 aliphatic carbocycles. The Hall–Kier alpha value is -0.160. The molecule has 0 aromatic carbocycles. The van der Waals surface area contributed by atoms with Crippen molar-refractivity contribution in [3.8, 4) is 0 Å². The van der Waals surface area contributed by atoms with Crippen LogP contribution in [-0.2, 0) is 0 Å². The molecule has 1 unspecified atom stereocenters. The van der Waals surface area contributed by atoms with Gasteiger partial charge in [-0.2, -0.15) is 0 Å². The number of hydrogen-bond acceptors (Lipinski definition) is 4. The van der Waals surface area contributed by atoms with Crippen molar-refractivity contribution in [2.24, 2.45) is 17.2 Å². The van der Waals surface area contributed by atoms with Crippen molar-refractivity contribution in [1.29, 1.82) is 0 Å². The van der Waals surface area contributed by atoms with Crippen LogP contribution in [-0.4, -0.2) is 30.2 Å². The van der Waals surface area contributed by atoms with Gasteiger partial charge in [0.1, 0.15) is 0 Å². The number of hydrogen-bond donors (Lipinski definition) is 4. The molecule has 0 rings (SSSR count). The van der Waals surface area contributed by atoms with Crippen molar-refractivity contribution in [3.05, 3.63) is 0 Å². The van der Waals surface area contributed by atoms with Gasteiger partial charge >= 0.3 is 0 Å². The minimum Gasteiger partial charge on any atom is -0.326 e. The first-order valence-corrected chi connectivity index (χ1v) is 7.17. The highest BCUT2D eigenvalue weighted by Gasteiger charge is 2.19. The van der Waals surface area contributed by atoms with Gasteiger partial charge in [0, 0.05) is 23.7 Å². The van der Waals surface area contributed by atoms with Crippen molar-refractivity contribution >= 4 is 0 Å². The Bertz CT molecular complexity index is 203. The molecule has 0 heterocycles. The lowest BCUT2D eigenvalue weighted by atomic mass is 9.92. The van der Waals surface area contributed by atoms with Gasteiger partial charge in [-0.05, 0) is 47.1 Å². The summed E-state index contributed by atoms with van der Waals surface area (Å²) >= 11 is 0.